The van der Waals surface area contributed by atoms with Crippen LogP contribution in [0.15, 0.2) is 34.4 Å². The van der Waals surface area contributed by atoms with Gasteiger partial charge in [0.05, 0.1) is 31.7 Å². The standard InChI is InChI=1S/C27H39ClO9/c1-5-6-10-34-25(32)12-16(2)11-22(31)27-24-14-19(36-27)13-21(30)20(28)9-7-8-17(3)23(35-18(4)29)15-26(33)37-24/h8-9,11,19,21-24,27,30-31H,5-7,10,12-15H2,1-4H3/b16-11+,17-8-,20-9+. The van der Waals surface area contributed by atoms with Crippen LogP contribution in [0.25, 0.3) is 0 Å². The van der Waals surface area contributed by atoms with Crippen LogP contribution >= 0.6 is 11.6 Å². The first-order valence-electron chi connectivity index (χ1n) is 12.7. The van der Waals surface area contributed by atoms with E-state index >= 15 is 0 Å². The largest absolute Gasteiger partial charge is 0.465 e. The maximum Gasteiger partial charge on any atom is 0.310 e. The summed E-state index contributed by atoms with van der Waals surface area (Å²) in [4.78, 5) is 36.4. The molecule has 0 saturated carbocycles. The summed E-state index contributed by atoms with van der Waals surface area (Å²) >= 11 is 6.28. The van der Waals surface area contributed by atoms with E-state index in [9.17, 15) is 24.6 Å². The highest BCUT2D eigenvalue weighted by atomic mass is 35.5. The Kier molecular flexibility index (Phi) is 12.8. The summed E-state index contributed by atoms with van der Waals surface area (Å²) in [5.41, 5.74) is 1.22. The predicted octanol–water partition coefficient (Wildman–Crippen LogP) is 3.64. The molecule has 2 bridgehead atoms. The van der Waals surface area contributed by atoms with Crippen LogP contribution in [-0.4, -0.2) is 71.4 Å². The van der Waals surface area contributed by atoms with Crippen molar-refractivity contribution in [3.63, 3.8) is 0 Å². The van der Waals surface area contributed by atoms with Gasteiger partial charge in [-0.3, -0.25) is 14.4 Å². The summed E-state index contributed by atoms with van der Waals surface area (Å²) in [7, 11) is 0. The van der Waals surface area contributed by atoms with Gasteiger partial charge < -0.3 is 29.2 Å². The lowest BCUT2D eigenvalue weighted by atomic mass is 10.0. The molecule has 0 aromatic rings. The van der Waals surface area contributed by atoms with Crippen LogP contribution in [0.1, 0.15) is 72.6 Å². The van der Waals surface area contributed by atoms with Crippen molar-refractivity contribution in [1.29, 1.82) is 0 Å². The molecule has 0 aliphatic carbocycles. The summed E-state index contributed by atoms with van der Waals surface area (Å²) in [6, 6.07) is 0. The Morgan fingerprint density at radius 3 is 2.68 bits per heavy atom. The molecule has 2 aliphatic rings. The number of hydrogen-bond donors (Lipinski definition) is 2. The highest BCUT2D eigenvalue weighted by molar-refractivity contribution is 6.30. The summed E-state index contributed by atoms with van der Waals surface area (Å²) in [5, 5.41) is 21.7. The third-order valence-electron chi connectivity index (χ3n) is 6.20. The number of aliphatic hydroxyl groups excluding tert-OH is 2. The van der Waals surface area contributed by atoms with Crippen LogP contribution in [0.4, 0.5) is 0 Å². The van der Waals surface area contributed by atoms with Gasteiger partial charge in [-0.05, 0) is 32.3 Å². The topological polar surface area (TPSA) is 129 Å². The Labute approximate surface area is 223 Å². The summed E-state index contributed by atoms with van der Waals surface area (Å²) < 4.78 is 22.2. The van der Waals surface area contributed by atoms with Gasteiger partial charge in [0.1, 0.15) is 24.4 Å². The number of allylic oxidation sites excluding steroid dienone is 2. The van der Waals surface area contributed by atoms with Crippen LogP contribution in [0.3, 0.4) is 0 Å². The van der Waals surface area contributed by atoms with E-state index in [0.717, 1.165) is 12.8 Å². The maximum absolute atomic E-state index is 12.8. The Hall–Kier alpha value is -2.20. The van der Waals surface area contributed by atoms with E-state index in [0.29, 0.717) is 24.2 Å². The molecule has 0 spiro atoms. The number of unbranched alkanes of at least 4 members (excludes halogenated alkanes) is 1. The van der Waals surface area contributed by atoms with Crippen molar-refractivity contribution in [2.24, 2.45) is 0 Å². The fourth-order valence-electron chi connectivity index (χ4n) is 4.23. The molecule has 37 heavy (non-hydrogen) atoms. The Morgan fingerprint density at radius 2 is 2.00 bits per heavy atom. The van der Waals surface area contributed by atoms with Crippen molar-refractivity contribution in [3.05, 3.63) is 34.4 Å². The van der Waals surface area contributed by atoms with Gasteiger partial charge in [-0.25, -0.2) is 0 Å². The number of ether oxygens (including phenoxy) is 4. The first-order valence-corrected chi connectivity index (χ1v) is 13.1. The zero-order valence-electron chi connectivity index (χ0n) is 22.0. The average molecular weight is 543 g/mol. The van der Waals surface area contributed by atoms with Crippen molar-refractivity contribution < 1.29 is 43.5 Å². The molecule has 2 N–H and O–H groups in total. The molecule has 1 saturated heterocycles. The number of rotatable bonds is 8. The van der Waals surface area contributed by atoms with Gasteiger partial charge in [-0.15, -0.1) is 0 Å². The van der Waals surface area contributed by atoms with Gasteiger partial charge in [0.25, 0.3) is 0 Å². The van der Waals surface area contributed by atoms with E-state index in [1.807, 2.05) is 6.92 Å². The molecule has 2 rings (SSSR count). The lowest BCUT2D eigenvalue weighted by Gasteiger charge is -2.24. The fourth-order valence-corrected chi connectivity index (χ4v) is 4.41. The number of halogens is 1. The van der Waals surface area contributed by atoms with E-state index in [2.05, 4.69) is 0 Å². The molecule has 9 nitrogen and oxygen atoms in total. The molecule has 2 aliphatic heterocycles. The third kappa shape index (κ3) is 10.6. The number of esters is 3. The van der Waals surface area contributed by atoms with Gasteiger partial charge in [0, 0.05) is 24.8 Å². The van der Waals surface area contributed by atoms with E-state index in [1.165, 1.54) is 13.0 Å². The van der Waals surface area contributed by atoms with Gasteiger partial charge in [-0.1, -0.05) is 48.7 Å². The van der Waals surface area contributed by atoms with Gasteiger partial charge in [-0.2, -0.15) is 0 Å². The highest BCUT2D eigenvalue weighted by Crippen LogP contribution is 2.32. The number of carbonyl (C=O) groups excluding carboxylic acids is 3. The zero-order valence-corrected chi connectivity index (χ0v) is 22.7. The molecule has 0 amide bonds. The zero-order chi connectivity index (χ0) is 27.5. The minimum absolute atomic E-state index is 0.0101. The van der Waals surface area contributed by atoms with E-state index in [1.54, 1.807) is 26.0 Å². The number of hydrogen-bond acceptors (Lipinski definition) is 9. The molecular formula is C27H39ClO9. The molecule has 2 heterocycles. The minimum atomic E-state index is -1.18. The van der Waals surface area contributed by atoms with Crippen LogP contribution in [0, 0.1) is 0 Å². The molecule has 0 radical (unpaired) electrons. The average Bonchev–Trinajstić information content (AvgIpc) is 3.19. The quantitative estimate of drug-likeness (QED) is 0.204. The smallest absolute Gasteiger partial charge is 0.310 e. The first kappa shape index (κ1) is 31.0. The summed E-state index contributed by atoms with van der Waals surface area (Å²) in [6.07, 6.45) is 1.84. The monoisotopic (exact) mass is 542 g/mol. The Balaban J connectivity index is 2.21. The second-order valence-corrected chi connectivity index (χ2v) is 10.0. The van der Waals surface area contributed by atoms with Gasteiger partial charge in [0.15, 0.2) is 0 Å². The Bertz CT molecular complexity index is 894. The molecule has 0 aromatic heterocycles. The van der Waals surface area contributed by atoms with Crippen molar-refractivity contribution in [1.82, 2.24) is 0 Å². The van der Waals surface area contributed by atoms with Crippen LogP contribution in [0.5, 0.6) is 0 Å². The van der Waals surface area contributed by atoms with Crippen molar-refractivity contribution >= 4 is 29.5 Å². The SMILES string of the molecule is CCCCOC(=O)C/C(C)=C/C(O)C1OC2CC(O)/C(Cl)=C\C/C=C(/C)C(OC(C)=O)CC(=O)OC1C2. The van der Waals surface area contributed by atoms with E-state index in [-0.39, 0.29) is 30.7 Å². The van der Waals surface area contributed by atoms with Crippen molar-refractivity contribution in [2.45, 2.75) is 109 Å². The van der Waals surface area contributed by atoms with Gasteiger partial charge in [0.2, 0.25) is 0 Å². The third-order valence-corrected chi connectivity index (χ3v) is 6.60. The number of carbonyl (C=O) groups is 3. The molecule has 6 atom stereocenters. The van der Waals surface area contributed by atoms with E-state index in [4.69, 9.17) is 30.5 Å². The Morgan fingerprint density at radius 1 is 1.27 bits per heavy atom. The second kappa shape index (κ2) is 15.3. The minimum Gasteiger partial charge on any atom is -0.465 e. The van der Waals surface area contributed by atoms with Crippen molar-refractivity contribution in [2.75, 3.05) is 6.61 Å². The fraction of sp³-hybridized carbons (Fsp3) is 0.667. The van der Waals surface area contributed by atoms with Crippen LogP contribution in [-0.2, 0) is 33.3 Å². The molecule has 1 fully saturated rings. The maximum atomic E-state index is 12.8. The molecule has 0 aromatic carbocycles. The lowest BCUT2D eigenvalue weighted by Crippen LogP contribution is -2.37. The van der Waals surface area contributed by atoms with Crippen molar-refractivity contribution in [3.8, 4) is 0 Å². The molecule has 6 unspecified atom stereocenters. The normalized spacial score (nSPS) is 31.2. The number of aliphatic hydroxyl groups is 2. The molecular weight excluding hydrogens is 504 g/mol. The number of fused-ring (bicyclic) bond motifs is 2. The van der Waals surface area contributed by atoms with Crippen LogP contribution < -0.4 is 0 Å². The summed E-state index contributed by atoms with van der Waals surface area (Å²) in [5.74, 6) is -1.54. The molecule has 10 heteroatoms. The summed E-state index contributed by atoms with van der Waals surface area (Å²) in [6.45, 7) is 7.03. The van der Waals surface area contributed by atoms with E-state index < -0.39 is 54.5 Å². The van der Waals surface area contributed by atoms with Gasteiger partial charge >= 0.3 is 17.9 Å². The lowest BCUT2D eigenvalue weighted by molar-refractivity contribution is -0.159. The first-order chi connectivity index (χ1) is 17.5. The highest BCUT2D eigenvalue weighted by Gasteiger charge is 2.42. The van der Waals surface area contributed by atoms with Crippen LogP contribution in [0.2, 0.25) is 0 Å². The molecule has 208 valence electrons. The predicted molar refractivity (Wildman–Crippen MR) is 137 cm³/mol. The second-order valence-electron chi connectivity index (χ2n) is 9.57.